The van der Waals surface area contributed by atoms with Gasteiger partial charge in [-0.3, -0.25) is 0 Å². The number of hydrogen-bond donors (Lipinski definition) is 0. The molecule has 0 aromatic heterocycles. The summed E-state index contributed by atoms with van der Waals surface area (Å²) in [6.07, 6.45) is -1.31. The summed E-state index contributed by atoms with van der Waals surface area (Å²) in [5, 5.41) is 0. The zero-order chi connectivity index (χ0) is 14.3. The van der Waals surface area contributed by atoms with Crippen LogP contribution in [0.5, 0.6) is 0 Å². The molecular weight excluding hydrogens is 248 g/mol. The van der Waals surface area contributed by atoms with Crippen molar-refractivity contribution >= 4 is 11.9 Å². The third-order valence-electron chi connectivity index (χ3n) is 2.63. The average Bonchev–Trinajstić information content (AvgIpc) is 2.45. The first-order valence-corrected chi connectivity index (χ1v) is 5.93. The zero-order valence-electron chi connectivity index (χ0n) is 11.3. The highest BCUT2D eigenvalue weighted by atomic mass is 16.6. The second-order valence-electron chi connectivity index (χ2n) is 4.00. The lowest BCUT2D eigenvalue weighted by Gasteiger charge is -2.19. The van der Waals surface area contributed by atoms with Crippen LogP contribution in [0.1, 0.15) is 12.5 Å². The average molecular weight is 266 g/mol. The quantitative estimate of drug-likeness (QED) is 0.727. The minimum Gasteiger partial charge on any atom is -0.467 e. The number of hydrogen-bond acceptors (Lipinski definition) is 5. The second kappa shape index (κ2) is 7.53. The van der Waals surface area contributed by atoms with Crippen molar-refractivity contribution in [1.82, 2.24) is 0 Å². The number of carbonyl (C=O) groups is 2. The van der Waals surface area contributed by atoms with Gasteiger partial charge in [0.05, 0.1) is 14.2 Å². The molecule has 0 bridgehead atoms. The number of methoxy groups -OCH3 is 2. The molecule has 0 heterocycles. The first-order chi connectivity index (χ1) is 9.08. The number of rotatable bonds is 6. The number of benzene rings is 1. The Hall–Kier alpha value is -1.88. The number of ether oxygens (including phenoxy) is 3. The van der Waals surface area contributed by atoms with E-state index in [1.165, 1.54) is 21.1 Å². The largest absolute Gasteiger partial charge is 0.467 e. The van der Waals surface area contributed by atoms with Gasteiger partial charge in [-0.05, 0) is 12.5 Å². The van der Waals surface area contributed by atoms with Crippen LogP contribution < -0.4 is 0 Å². The Morgan fingerprint density at radius 2 is 1.63 bits per heavy atom. The summed E-state index contributed by atoms with van der Waals surface area (Å²) in [5.74, 6) is -1.04. The second-order valence-corrected chi connectivity index (χ2v) is 4.00. The Balaban J connectivity index is 2.73. The van der Waals surface area contributed by atoms with Crippen LogP contribution in [0, 0.1) is 0 Å². The highest BCUT2D eigenvalue weighted by molar-refractivity contribution is 5.77. The van der Waals surface area contributed by atoms with Crippen LogP contribution in [0.3, 0.4) is 0 Å². The van der Waals surface area contributed by atoms with Crippen molar-refractivity contribution < 1.29 is 23.8 Å². The molecule has 19 heavy (non-hydrogen) atoms. The molecule has 1 aromatic rings. The van der Waals surface area contributed by atoms with Crippen molar-refractivity contribution in [2.24, 2.45) is 0 Å². The normalized spacial score (nSPS) is 13.4. The summed E-state index contributed by atoms with van der Waals surface area (Å²) >= 11 is 0. The Labute approximate surface area is 112 Å². The van der Waals surface area contributed by atoms with Gasteiger partial charge in [0.25, 0.3) is 0 Å². The van der Waals surface area contributed by atoms with Gasteiger partial charge in [0.15, 0.2) is 12.2 Å². The van der Waals surface area contributed by atoms with E-state index in [1.54, 1.807) is 0 Å². The monoisotopic (exact) mass is 266 g/mol. The van der Waals surface area contributed by atoms with Crippen LogP contribution in [-0.4, -0.2) is 38.4 Å². The minimum atomic E-state index is -0.832. The molecule has 2 atom stereocenters. The molecule has 0 aliphatic heterocycles. The first-order valence-electron chi connectivity index (χ1n) is 5.93. The molecule has 0 unspecified atom stereocenters. The van der Waals surface area contributed by atoms with E-state index < -0.39 is 24.1 Å². The lowest BCUT2D eigenvalue weighted by atomic mass is 10.1. The van der Waals surface area contributed by atoms with Gasteiger partial charge in [-0.25, -0.2) is 9.59 Å². The van der Waals surface area contributed by atoms with Crippen LogP contribution >= 0.6 is 0 Å². The first kappa shape index (κ1) is 15.2. The van der Waals surface area contributed by atoms with Gasteiger partial charge in [-0.2, -0.15) is 0 Å². The van der Waals surface area contributed by atoms with Gasteiger partial charge in [0.1, 0.15) is 0 Å². The van der Waals surface area contributed by atoms with E-state index >= 15 is 0 Å². The van der Waals surface area contributed by atoms with Crippen molar-refractivity contribution in [1.29, 1.82) is 0 Å². The van der Waals surface area contributed by atoms with Crippen LogP contribution in [0.4, 0.5) is 0 Å². The van der Waals surface area contributed by atoms with Gasteiger partial charge >= 0.3 is 11.9 Å². The van der Waals surface area contributed by atoms with E-state index in [1.807, 2.05) is 30.3 Å². The SMILES string of the molecule is COC(=O)[C@H](Cc1ccccc1)O[C@H](C)C(=O)OC. The molecule has 0 radical (unpaired) electrons. The molecule has 1 rings (SSSR count). The topological polar surface area (TPSA) is 61.8 Å². The molecule has 0 spiro atoms. The molecule has 0 saturated heterocycles. The Kier molecular flexibility index (Phi) is 6.02. The van der Waals surface area contributed by atoms with Crippen LogP contribution in [-0.2, 0) is 30.2 Å². The van der Waals surface area contributed by atoms with Gasteiger partial charge < -0.3 is 14.2 Å². The highest BCUT2D eigenvalue weighted by Gasteiger charge is 2.26. The Morgan fingerprint density at radius 3 is 2.16 bits per heavy atom. The summed E-state index contributed by atoms with van der Waals surface area (Å²) in [5.41, 5.74) is 0.926. The molecule has 5 heteroatoms. The maximum Gasteiger partial charge on any atom is 0.335 e. The van der Waals surface area contributed by atoms with Gasteiger partial charge in [-0.1, -0.05) is 30.3 Å². The van der Waals surface area contributed by atoms with Gasteiger partial charge in [0, 0.05) is 6.42 Å². The summed E-state index contributed by atoms with van der Waals surface area (Å²) in [4.78, 5) is 23.0. The summed E-state index contributed by atoms with van der Waals surface area (Å²) in [7, 11) is 2.55. The molecule has 5 nitrogen and oxygen atoms in total. The summed E-state index contributed by atoms with van der Waals surface area (Å²) < 4.78 is 14.7. The van der Waals surface area contributed by atoms with Crippen LogP contribution in [0.25, 0.3) is 0 Å². The molecule has 0 saturated carbocycles. The Bertz CT molecular complexity index is 415. The molecule has 0 aliphatic rings. The molecule has 1 aromatic carbocycles. The Morgan fingerprint density at radius 1 is 1.05 bits per heavy atom. The van der Waals surface area contributed by atoms with E-state index in [0.29, 0.717) is 6.42 Å². The van der Waals surface area contributed by atoms with Crippen LogP contribution in [0.2, 0.25) is 0 Å². The summed E-state index contributed by atoms with van der Waals surface area (Å²) in [6, 6.07) is 9.37. The smallest absolute Gasteiger partial charge is 0.335 e. The molecule has 0 fully saturated rings. The maximum absolute atomic E-state index is 11.7. The van der Waals surface area contributed by atoms with Crippen molar-refractivity contribution in [3.8, 4) is 0 Å². The van der Waals surface area contributed by atoms with Gasteiger partial charge in [0.2, 0.25) is 0 Å². The van der Waals surface area contributed by atoms with E-state index in [9.17, 15) is 9.59 Å². The fraction of sp³-hybridized carbons (Fsp3) is 0.429. The highest BCUT2D eigenvalue weighted by Crippen LogP contribution is 2.10. The summed E-state index contributed by atoms with van der Waals surface area (Å²) in [6.45, 7) is 1.53. The molecular formula is C14H18O5. The zero-order valence-corrected chi connectivity index (χ0v) is 11.3. The van der Waals surface area contributed by atoms with Crippen molar-refractivity contribution in [3.63, 3.8) is 0 Å². The van der Waals surface area contributed by atoms with E-state index in [4.69, 9.17) is 4.74 Å². The third-order valence-corrected chi connectivity index (χ3v) is 2.63. The van der Waals surface area contributed by atoms with E-state index in [2.05, 4.69) is 9.47 Å². The van der Waals surface area contributed by atoms with Crippen molar-refractivity contribution in [2.45, 2.75) is 25.6 Å². The van der Waals surface area contributed by atoms with Crippen LogP contribution in [0.15, 0.2) is 30.3 Å². The van der Waals surface area contributed by atoms with E-state index in [-0.39, 0.29) is 0 Å². The van der Waals surface area contributed by atoms with Crippen molar-refractivity contribution in [2.75, 3.05) is 14.2 Å². The molecule has 104 valence electrons. The standard InChI is InChI=1S/C14H18O5/c1-10(13(15)17-2)19-12(14(16)18-3)9-11-7-5-4-6-8-11/h4-8,10,12H,9H2,1-3H3/t10-,12+/m1/s1. The fourth-order valence-corrected chi connectivity index (χ4v) is 1.61. The fourth-order valence-electron chi connectivity index (χ4n) is 1.61. The number of carbonyl (C=O) groups excluding carboxylic acids is 2. The molecule has 0 aliphatic carbocycles. The van der Waals surface area contributed by atoms with E-state index in [0.717, 1.165) is 5.56 Å². The third kappa shape index (κ3) is 4.71. The molecule has 0 N–H and O–H groups in total. The van der Waals surface area contributed by atoms with Crippen molar-refractivity contribution in [3.05, 3.63) is 35.9 Å². The van der Waals surface area contributed by atoms with Gasteiger partial charge in [-0.15, -0.1) is 0 Å². The lowest BCUT2D eigenvalue weighted by Crippen LogP contribution is -2.35. The predicted molar refractivity (Wildman–Crippen MR) is 68.5 cm³/mol. The predicted octanol–water partition coefficient (Wildman–Crippen LogP) is 1.35. The lowest BCUT2D eigenvalue weighted by molar-refractivity contribution is -0.167. The number of esters is 2. The molecule has 0 amide bonds. The maximum atomic E-state index is 11.7. The minimum absolute atomic E-state index is 0.342.